The van der Waals surface area contributed by atoms with E-state index in [1.54, 1.807) is 0 Å². The lowest BCUT2D eigenvalue weighted by molar-refractivity contribution is 0.177. The summed E-state index contributed by atoms with van der Waals surface area (Å²) in [6.45, 7) is 11.1. The minimum atomic E-state index is 0.231. The lowest BCUT2D eigenvalue weighted by Gasteiger charge is -2.35. The summed E-state index contributed by atoms with van der Waals surface area (Å²) in [7, 11) is 0. The zero-order chi connectivity index (χ0) is 14.5. The normalized spacial score (nSPS) is 17.7. The summed E-state index contributed by atoms with van der Waals surface area (Å²) >= 11 is 0. The molecule has 1 N–H and O–H groups in total. The molecular weight excluding hydrogens is 248 g/mol. The zero-order valence-electron chi connectivity index (χ0n) is 13.2. The molecule has 0 radical (unpaired) electrons. The number of hydrogen-bond donors (Lipinski definition) is 1. The van der Waals surface area contributed by atoms with Gasteiger partial charge < -0.3 is 15.0 Å². The van der Waals surface area contributed by atoms with Crippen molar-refractivity contribution in [3.8, 4) is 5.75 Å². The molecule has 1 aromatic carbocycles. The topological polar surface area (TPSA) is 24.5 Å². The summed E-state index contributed by atoms with van der Waals surface area (Å²) in [6, 6.07) is 9.60. The highest BCUT2D eigenvalue weighted by Crippen LogP contribution is 2.21. The molecule has 0 unspecified atom stereocenters. The molecule has 1 aromatic rings. The van der Waals surface area contributed by atoms with Crippen LogP contribution >= 0.6 is 0 Å². The van der Waals surface area contributed by atoms with Gasteiger partial charge in [0.25, 0.3) is 0 Å². The molecule has 1 heterocycles. The van der Waals surface area contributed by atoms with Gasteiger partial charge in [0.15, 0.2) is 0 Å². The second-order valence-corrected chi connectivity index (χ2v) is 6.24. The van der Waals surface area contributed by atoms with Crippen molar-refractivity contribution in [2.75, 3.05) is 18.4 Å². The van der Waals surface area contributed by atoms with Gasteiger partial charge in [0.2, 0.25) is 0 Å². The van der Waals surface area contributed by atoms with E-state index in [1.165, 1.54) is 31.6 Å². The van der Waals surface area contributed by atoms with Gasteiger partial charge in [-0.15, -0.1) is 0 Å². The van der Waals surface area contributed by atoms with Crippen LogP contribution < -0.4 is 10.1 Å². The van der Waals surface area contributed by atoms with Crippen LogP contribution in [0, 0.1) is 0 Å². The first-order valence-electron chi connectivity index (χ1n) is 7.82. The van der Waals surface area contributed by atoms with E-state index in [0.717, 1.165) is 5.75 Å². The summed E-state index contributed by atoms with van der Waals surface area (Å²) in [6.07, 6.45) is 2.68. The maximum absolute atomic E-state index is 5.67. The Balaban J connectivity index is 1.82. The molecule has 0 saturated carbocycles. The molecule has 0 aliphatic carbocycles. The van der Waals surface area contributed by atoms with E-state index in [1.807, 2.05) is 12.1 Å². The van der Waals surface area contributed by atoms with Crippen LogP contribution in [0.4, 0.5) is 5.69 Å². The largest absolute Gasteiger partial charge is 0.491 e. The van der Waals surface area contributed by atoms with E-state index in [2.05, 4.69) is 50.0 Å². The molecule has 0 atom stereocenters. The molecule has 3 nitrogen and oxygen atoms in total. The van der Waals surface area contributed by atoms with E-state index in [4.69, 9.17) is 4.74 Å². The van der Waals surface area contributed by atoms with Gasteiger partial charge in [0, 0.05) is 30.9 Å². The highest BCUT2D eigenvalue weighted by molar-refractivity contribution is 5.47. The number of nitrogens with one attached hydrogen (secondary N) is 1. The van der Waals surface area contributed by atoms with Crippen molar-refractivity contribution in [2.24, 2.45) is 0 Å². The summed E-state index contributed by atoms with van der Waals surface area (Å²) < 4.78 is 5.67. The van der Waals surface area contributed by atoms with Crippen molar-refractivity contribution < 1.29 is 4.74 Å². The van der Waals surface area contributed by atoms with Crippen LogP contribution in [0.15, 0.2) is 24.3 Å². The first kappa shape index (κ1) is 15.2. The Hall–Kier alpha value is -1.22. The number of rotatable bonds is 5. The standard InChI is InChI=1S/C17H28N2O/c1-13(2)19-11-9-16(10-12-19)18-15-5-7-17(8-6-15)20-14(3)4/h5-8,13-14,16,18H,9-12H2,1-4H3. The predicted molar refractivity (Wildman–Crippen MR) is 85.6 cm³/mol. The molecular formula is C17H28N2O. The van der Waals surface area contributed by atoms with Crippen molar-refractivity contribution in [1.29, 1.82) is 0 Å². The molecule has 0 spiro atoms. The Bertz CT molecular complexity index is 392. The monoisotopic (exact) mass is 276 g/mol. The number of benzene rings is 1. The number of nitrogens with zero attached hydrogens (tertiary/aromatic N) is 1. The first-order chi connectivity index (χ1) is 9.54. The highest BCUT2D eigenvalue weighted by Gasteiger charge is 2.20. The third kappa shape index (κ3) is 4.41. The summed E-state index contributed by atoms with van der Waals surface area (Å²) in [5, 5.41) is 3.64. The van der Waals surface area contributed by atoms with Crippen LogP contribution in [-0.2, 0) is 0 Å². The van der Waals surface area contributed by atoms with Crippen LogP contribution in [0.25, 0.3) is 0 Å². The molecule has 0 amide bonds. The Labute approximate surface area is 123 Å². The van der Waals surface area contributed by atoms with E-state index in [0.29, 0.717) is 12.1 Å². The van der Waals surface area contributed by atoms with Crippen molar-refractivity contribution in [1.82, 2.24) is 4.90 Å². The van der Waals surface area contributed by atoms with Gasteiger partial charge in [-0.2, -0.15) is 0 Å². The van der Waals surface area contributed by atoms with Gasteiger partial charge in [0.05, 0.1) is 6.10 Å². The predicted octanol–water partition coefficient (Wildman–Crippen LogP) is 3.76. The third-order valence-electron chi connectivity index (χ3n) is 3.86. The van der Waals surface area contributed by atoms with E-state index >= 15 is 0 Å². The maximum atomic E-state index is 5.67. The fourth-order valence-corrected chi connectivity index (χ4v) is 2.70. The van der Waals surface area contributed by atoms with Crippen molar-refractivity contribution >= 4 is 5.69 Å². The van der Waals surface area contributed by atoms with Gasteiger partial charge in [-0.3, -0.25) is 0 Å². The van der Waals surface area contributed by atoms with Crippen molar-refractivity contribution in [2.45, 2.75) is 58.7 Å². The van der Waals surface area contributed by atoms with Crippen LogP contribution in [0.2, 0.25) is 0 Å². The van der Waals surface area contributed by atoms with Gasteiger partial charge >= 0.3 is 0 Å². The van der Waals surface area contributed by atoms with E-state index in [-0.39, 0.29) is 6.10 Å². The van der Waals surface area contributed by atoms with E-state index in [9.17, 15) is 0 Å². The smallest absolute Gasteiger partial charge is 0.119 e. The lowest BCUT2D eigenvalue weighted by Crippen LogP contribution is -2.42. The van der Waals surface area contributed by atoms with Gasteiger partial charge in [-0.1, -0.05) is 0 Å². The average molecular weight is 276 g/mol. The molecule has 1 fully saturated rings. The number of piperidine rings is 1. The average Bonchev–Trinajstić information content (AvgIpc) is 2.41. The number of ether oxygens (including phenoxy) is 1. The molecule has 3 heteroatoms. The third-order valence-corrected chi connectivity index (χ3v) is 3.86. The first-order valence-corrected chi connectivity index (χ1v) is 7.82. The minimum Gasteiger partial charge on any atom is -0.491 e. The summed E-state index contributed by atoms with van der Waals surface area (Å²) in [5.41, 5.74) is 1.20. The maximum Gasteiger partial charge on any atom is 0.119 e. The molecule has 2 rings (SSSR count). The summed E-state index contributed by atoms with van der Waals surface area (Å²) in [4.78, 5) is 2.55. The second kappa shape index (κ2) is 6.98. The SMILES string of the molecule is CC(C)Oc1ccc(NC2CCN(C(C)C)CC2)cc1. The number of hydrogen-bond acceptors (Lipinski definition) is 3. The van der Waals surface area contributed by atoms with Gasteiger partial charge in [-0.05, 0) is 64.8 Å². The van der Waals surface area contributed by atoms with E-state index < -0.39 is 0 Å². The Morgan fingerprint density at radius 3 is 2.15 bits per heavy atom. The van der Waals surface area contributed by atoms with Crippen LogP contribution in [0.5, 0.6) is 5.75 Å². The molecule has 1 aliphatic heterocycles. The van der Waals surface area contributed by atoms with Crippen LogP contribution in [-0.4, -0.2) is 36.2 Å². The fourth-order valence-electron chi connectivity index (χ4n) is 2.70. The highest BCUT2D eigenvalue weighted by atomic mass is 16.5. The van der Waals surface area contributed by atoms with Crippen molar-refractivity contribution in [3.63, 3.8) is 0 Å². The molecule has 112 valence electrons. The Morgan fingerprint density at radius 1 is 1.05 bits per heavy atom. The molecule has 0 bridgehead atoms. The van der Waals surface area contributed by atoms with Gasteiger partial charge in [-0.25, -0.2) is 0 Å². The minimum absolute atomic E-state index is 0.231. The molecule has 20 heavy (non-hydrogen) atoms. The lowest BCUT2D eigenvalue weighted by atomic mass is 10.0. The van der Waals surface area contributed by atoms with Crippen molar-refractivity contribution in [3.05, 3.63) is 24.3 Å². The number of likely N-dealkylation sites (tertiary alicyclic amines) is 1. The molecule has 1 aliphatic rings. The second-order valence-electron chi connectivity index (χ2n) is 6.24. The Kier molecular flexibility index (Phi) is 5.30. The zero-order valence-corrected chi connectivity index (χ0v) is 13.2. The quantitative estimate of drug-likeness (QED) is 0.886. The van der Waals surface area contributed by atoms with Crippen LogP contribution in [0.3, 0.4) is 0 Å². The molecule has 0 aromatic heterocycles. The molecule has 1 saturated heterocycles. The summed E-state index contributed by atoms with van der Waals surface area (Å²) in [5.74, 6) is 0.945. The van der Waals surface area contributed by atoms with Crippen LogP contribution in [0.1, 0.15) is 40.5 Å². The number of anilines is 1. The van der Waals surface area contributed by atoms with Gasteiger partial charge in [0.1, 0.15) is 5.75 Å². The Morgan fingerprint density at radius 2 is 1.65 bits per heavy atom. The fraction of sp³-hybridized carbons (Fsp3) is 0.647.